The predicted octanol–water partition coefficient (Wildman–Crippen LogP) is 2.89. The Kier molecular flexibility index (Phi) is 9.61. The van der Waals surface area contributed by atoms with Crippen molar-refractivity contribution < 1.29 is 14.9 Å². The molecule has 0 aromatic carbocycles. The second kappa shape index (κ2) is 13.3. The van der Waals surface area contributed by atoms with Crippen LogP contribution in [0.5, 0.6) is 5.75 Å². The van der Waals surface area contributed by atoms with Gasteiger partial charge in [-0.15, -0.1) is 0 Å². The van der Waals surface area contributed by atoms with Crippen LogP contribution in [-0.2, 0) is 0 Å². The average molecular weight is 551 g/mol. The van der Waals surface area contributed by atoms with Gasteiger partial charge in [-0.3, -0.25) is 0 Å². The average Bonchev–Trinajstić information content (AvgIpc) is 2.94. The number of aliphatic hydroxyl groups is 2. The van der Waals surface area contributed by atoms with Crippen LogP contribution < -0.4 is 26.4 Å². The number of aryl methyl sites for hydroxylation is 1. The molecule has 0 spiro atoms. The van der Waals surface area contributed by atoms with Crippen LogP contribution in [0.3, 0.4) is 0 Å². The number of anilines is 4. The van der Waals surface area contributed by atoms with Gasteiger partial charge >= 0.3 is 0 Å². The van der Waals surface area contributed by atoms with E-state index in [0.29, 0.717) is 51.8 Å². The van der Waals surface area contributed by atoms with Crippen LogP contribution in [0.15, 0.2) is 24.4 Å². The van der Waals surface area contributed by atoms with Crippen molar-refractivity contribution in [1.82, 2.24) is 29.9 Å². The second-order valence-electron chi connectivity index (χ2n) is 9.86. The molecule has 1 unspecified atom stereocenters. The van der Waals surface area contributed by atoms with Gasteiger partial charge < -0.3 is 36.6 Å². The summed E-state index contributed by atoms with van der Waals surface area (Å²) in [5, 5.41) is 30.0. The van der Waals surface area contributed by atoms with Gasteiger partial charge in [0.15, 0.2) is 11.6 Å². The van der Waals surface area contributed by atoms with Gasteiger partial charge in [0.05, 0.1) is 44.1 Å². The van der Waals surface area contributed by atoms with Crippen LogP contribution in [0.2, 0.25) is 0 Å². The van der Waals surface area contributed by atoms with Crippen LogP contribution in [-0.4, -0.2) is 78.6 Å². The van der Waals surface area contributed by atoms with Crippen molar-refractivity contribution in [3.8, 4) is 5.75 Å². The largest absolute Gasteiger partial charge is 0.495 e. The monoisotopic (exact) mass is 550 g/mol. The van der Waals surface area contributed by atoms with E-state index in [9.17, 15) is 10.2 Å². The van der Waals surface area contributed by atoms with Crippen LogP contribution in [0.25, 0.3) is 22.1 Å². The Morgan fingerprint density at radius 1 is 0.925 bits per heavy atom. The Labute approximate surface area is 233 Å². The third kappa shape index (κ3) is 7.10. The first-order valence-corrected chi connectivity index (χ1v) is 13.5. The highest BCUT2D eigenvalue weighted by molar-refractivity contribution is 5.87. The first-order chi connectivity index (χ1) is 19.3. The summed E-state index contributed by atoms with van der Waals surface area (Å²) in [6.45, 7) is 5.85. The van der Waals surface area contributed by atoms with Crippen molar-refractivity contribution in [3.05, 3.63) is 30.1 Å². The number of nitrogens with two attached hydrogens (primary N) is 1. The zero-order chi connectivity index (χ0) is 28.6. The van der Waals surface area contributed by atoms with Gasteiger partial charge in [0.2, 0.25) is 11.9 Å². The van der Waals surface area contributed by atoms with E-state index in [1.54, 1.807) is 19.4 Å². The topological polar surface area (TPSA) is 189 Å². The predicted molar refractivity (Wildman–Crippen MR) is 157 cm³/mol. The number of rotatable bonds is 14. The summed E-state index contributed by atoms with van der Waals surface area (Å²) >= 11 is 0. The lowest BCUT2D eigenvalue weighted by Gasteiger charge is -2.23. The highest BCUT2D eigenvalue weighted by Gasteiger charge is 2.19. The molecule has 4 aromatic heterocycles. The molecule has 4 aromatic rings. The maximum atomic E-state index is 10.2. The molecule has 3 atom stereocenters. The van der Waals surface area contributed by atoms with E-state index in [1.807, 2.05) is 26.0 Å². The third-order valence-corrected chi connectivity index (χ3v) is 6.49. The van der Waals surface area contributed by atoms with Gasteiger partial charge in [-0.25, -0.2) is 19.9 Å². The summed E-state index contributed by atoms with van der Waals surface area (Å²) in [4.78, 5) is 27.0. The van der Waals surface area contributed by atoms with Crippen molar-refractivity contribution in [1.29, 1.82) is 0 Å². The van der Waals surface area contributed by atoms with Crippen molar-refractivity contribution >= 4 is 45.6 Å². The number of aromatic nitrogens is 6. The molecule has 4 rings (SSSR count). The molecule has 0 aliphatic heterocycles. The molecular formula is C27H38N10O3. The summed E-state index contributed by atoms with van der Waals surface area (Å²) in [6.07, 6.45) is 4.92. The second-order valence-corrected chi connectivity index (χ2v) is 9.86. The molecule has 13 nitrogen and oxygen atoms in total. The summed E-state index contributed by atoms with van der Waals surface area (Å²) in [5.41, 5.74) is 9.17. The number of hydrogen-bond acceptors (Lipinski definition) is 13. The molecule has 4 heterocycles. The number of methoxy groups -OCH3 is 1. The number of ether oxygens (including phenoxy) is 1. The number of nitrogens with one attached hydrogen (secondary N) is 3. The number of aliphatic hydroxyl groups excluding tert-OH is 2. The standard InChI is InChI=1S/C27H38N10O3/c1-5-6-7-17(13-38)32-25-23-20(9-8-15(2)30-23)35-27(37-25)31-16(3)10-18(14-39)33-24-22-21(34-26(28)36-24)11-19(40-4)12-29-22/h8-9,11-12,16-18,38-39H,5-7,10,13-14H2,1-4H3,(H3,28,33,34,36)(H2,31,32,35,37)/t16?,17-,18-/m0/s1. The molecule has 0 radical (unpaired) electrons. The molecule has 0 saturated carbocycles. The number of pyridine rings is 2. The fourth-order valence-corrected chi connectivity index (χ4v) is 4.44. The number of hydrogen-bond donors (Lipinski definition) is 6. The molecule has 0 amide bonds. The number of nitrogens with zero attached hydrogens (tertiary/aromatic N) is 6. The van der Waals surface area contributed by atoms with Crippen LogP contribution in [0.4, 0.5) is 23.5 Å². The fraction of sp³-hybridized carbons (Fsp3) is 0.481. The van der Waals surface area contributed by atoms with E-state index in [1.165, 1.54) is 0 Å². The van der Waals surface area contributed by atoms with Gasteiger partial charge in [0.25, 0.3) is 0 Å². The molecule has 0 aliphatic rings. The first-order valence-electron chi connectivity index (χ1n) is 13.5. The Bertz CT molecular complexity index is 1440. The van der Waals surface area contributed by atoms with E-state index in [4.69, 9.17) is 15.5 Å². The van der Waals surface area contributed by atoms with Gasteiger partial charge in [0.1, 0.15) is 22.3 Å². The number of nitrogen functional groups attached to an aromatic ring is 1. The molecule has 40 heavy (non-hydrogen) atoms. The molecule has 0 fully saturated rings. The smallest absolute Gasteiger partial charge is 0.225 e. The van der Waals surface area contributed by atoms with E-state index >= 15 is 0 Å². The van der Waals surface area contributed by atoms with E-state index in [-0.39, 0.29) is 37.3 Å². The van der Waals surface area contributed by atoms with Crippen molar-refractivity contribution in [2.75, 3.05) is 42.0 Å². The summed E-state index contributed by atoms with van der Waals surface area (Å²) in [6, 6.07) is 4.88. The highest BCUT2D eigenvalue weighted by atomic mass is 16.5. The Balaban J connectivity index is 1.53. The normalized spacial score (nSPS) is 13.7. The maximum absolute atomic E-state index is 10.2. The Morgan fingerprint density at radius 3 is 2.40 bits per heavy atom. The summed E-state index contributed by atoms with van der Waals surface area (Å²) in [7, 11) is 1.55. The molecule has 13 heteroatoms. The molecular weight excluding hydrogens is 512 g/mol. The van der Waals surface area contributed by atoms with Crippen LogP contribution >= 0.6 is 0 Å². The van der Waals surface area contributed by atoms with Crippen molar-refractivity contribution in [3.63, 3.8) is 0 Å². The van der Waals surface area contributed by atoms with Gasteiger partial charge in [-0.05, 0) is 38.8 Å². The lowest BCUT2D eigenvalue weighted by atomic mass is 10.1. The number of unbranched alkanes of at least 4 members (excludes halogenated alkanes) is 1. The minimum Gasteiger partial charge on any atom is -0.495 e. The molecule has 7 N–H and O–H groups in total. The van der Waals surface area contributed by atoms with E-state index in [2.05, 4.69) is 47.8 Å². The lowest BCUT2D eigenvalue weighted by Crippen LogP contribution is -2.32. The molecule has 214 valence electrons. The number of fused-ring (bicyclic) bond motifs is 2. The first kappa shape index (κ1) is 28.9. The van der Waals surface area contributed by atoms with Crippen LogP contribution in [0, 0.1) is 6.92 Å². The van der Waals surface area contributed by atoms with Crippen LogP contribution in [0.1, 0.15) is 45.2 Å². The van der Waals surface area contributed by atoms with Gasteiger partial charge in [0, 0.05) is 17.8 Å². The molecule has 0 bridgehead atoms. The highest BCUT2D eigenvalue weighted by Crippen LogP contribution is 2.25. The molecule has 0 saturated heterocycles. The minimum absolute atomic E-state index is 0.00972. The third-order valence-electron chi connectivity index (χ3n) is 6.49. The lowest BCUT2D eigenvalue weighted by molar-refractivity contribution is 0.266. The van der Waals surface area contributed by atoms with E-state index < -0.39 is 0 Å². The van der Waals surface area contributed by atoms with Gasteiger partial charge in [-0.1, -0.05) is 19.8 Å². The van der Waals surface area contributed by atoms with Gasteiger partial charge in [-0.2, -0.15) is 9.97 Å². The Hall–Kier alpha value is -4.10. The quantitative estimate of drug-likeness (QED) is 0.134. The summed E-state index contributed by atoms with van der Waals surface area (Å²) < 4.78 is 5.23. The van der Waals surface area contributed by atoms with E-state index in [0.717, 1.165) is 25.0 Å². The molecule has 0 aliphatic carbocycles. The maximum Gasteiger partial charge on any atom is 0.225 e. The SMILES string of the molecule is CCCC[C@@H](CO)Nc1nc(NC(C)C[C@@H](CO)Nc2nc(N)nc3cc(OC)cnc23)nc2ccc(C)nc12. The minimum atomic E-state index is -0.376. The van der Waals surface area contributed by atoms with Crippen molar-refractivity contribution in [2.45, 2.75) is 64.6 Å². The van der Waals surface area contributed by atoms with Crippen molar-refractivity contribution in [2.24, 2.45) is 0 Å². The zero-order valence-electron chi connectivity index (χ0n) is 23.3. The summed E-state index contributed by atoms with van der Waals surface area (Å²) in [5.74, 6) is 2.05. The Morgan fingerprint density at radius 2 is 1.68 bits per heavy atom. The fourth-order valence-electron chi connectivity index (χ4n) is 4.44. The zero-order valence-corrected chi connectivity index (χ0v) is 23.3.